The minimum absolute atomic E-state index is 0.0836. The maximum Gasteiger partial charge on any atom is 0.433 e. The van der Waals surface area contributed by atoms with E-state index in [2.05, 4.69) is 20.4 Å². The highest BCUT2D eigenvalue weighted by atomic mass is 19.4. The Morgan fingerprint density at radius 1 is 0.941 bits per heavy atom. The van der Waals surface area contributed by atoms with E-state index in [1.165, 1.54) is 37.4 Å². The third-order valence-electron chi connectivity index (χ3n) is 4.64. The smallest absolute Gasteiger partial charge is 0.433 e. The second-order valence-corrected chi connectivity index (χ2v) is 6.93. The Bertz CT molecular complexity index is 1360. The minimum Gasteiger partial charge on any atom is -0.497 e. The first-order chi connectivity index (χ1) is 16.0. The van der Waals surface area contributed by atoms with Gasteiger partial charge in [0, 0.05) is 11.3 Å². The van der Waals surface area contributed by atoms with Gasteiger partial charge in [-0.05, 0) is 48.5 Å². The number of anilines is 1. The molecule has 0 atom stereocenters. The first-order valence-corrected chi connectivity index (χ1v) is 9.44. The molecule has 1 amide bonds. The lowest BCUT2D eigenvalue weighted by Gasteiger charge is -2.10. The van der Waals surface area contributed by atoms with Gasteiger partial charge in [0.1, 0.15) is 5.75 Å². The molecule has 0 radical (unpaired) electrons. The Balaban J connectivity index is 1.73. The Morgan fingerprint density at radius 2 is 1.65 bits per heavy atom. The molecule has 7 nitrogen and oxygen atoms in total. The largest absolute Gasteiger partial charge is 0.497 e. The number of alkyl halides is 6. The number of fused-ring (bicyclic) bond motifs is 1. The molecule has 4 rings (SSSR count). The second kappa shape index (κ2) is 8.32. The number of carbonyl (C=O) groups is 1. The molecule has 0 saturated heterocycles. The van der Waals surface area contributed by atoms with Crippen LogP contribution in [0.5, 0.6) is 5.75 Å². The third kappa shape index (κ3) is 4.63. The first-order valence-electron chi connectivity index (χ1n) is 9.44. The average Bonchev–Trinajstić information content (AvgIpc) is 3.22. The van der Waals surface area contributed by atoms with Crippen molar-refractivity contribution in [3.8, 4) is 17.0 Å². The van der Waals surface area contributed by atoms with Crippen molar-refractivity contribution in [3.63, 3.8) is 0 Å². The van der Waals surface area contributed by atoms with Crippen molar-refractivity contribution < 1.29 is 35.9 Å². The third-order valence-corrected chi connectivity index (χ3v) is 4.64. The Kier molecular flexibility index (Phi) is 5.63. The van der Waals surface area contributed by atoms with Gasteiger partial charge in [-0.3, -0.25) is 4.79 Å². The summed E-state index contributed by atoms with van der Waals surface area (Å²) in [5, 5.41) is 5.73. The number of aromatic nitrogens is 4. The number of benzene rings is 2. The Morgan fingerprint density at radius 3 is 2.26 bits per heavy atom. The van der Waals surface area contributed by atoms with Crippen LogP contribution in [0.4, 0.5) is 32.0 Å². The Labute approximate surface area is 187 Å². The van der Waals surface area contributed by atoms with Crippen LogP contribution in [0.2, 0.25) is 0 Å². The summed E-state index contributed by atoms with van der Waals surface area (Å²) in [4.78, 5) is 20.3. The highest BCUT2D eigenvalue weighted by molar-refractivity contribution is 6.01. The number of hydrogen-bond acceptors (Lipinski definition) is 5. The van der Waals surface area contributed by atoms with E-state index in [9.17, 15) is 31.1 Å². The number of methoxy groups -OCH3 is 1. The normalized spacial score (nSPS) is 12.1. The zero-order valence-electron chi connectivity index (χ0n) is 17.1. The zero-order valence-corrected chi connectivity index (χ0v) is 17.1. The van der Waals surface area contributed by atoms with Crippen LogP contribution in [0.3, 0.4) is 0 Å². The summed E-state index contributed by atoms with van der Waals surface area (Å²) in [5.41, 5.74) is -2.25. The molecule has 0 aliphatic rings. The van der Waals surface area contributed by atoms with Crippen molar-refractivity contribution in [2.75, 3.05) is 12.4 Å². The molecule has 1 N–H and O–H groups in total. The first kappa shape index (κ1) is 23.0. The van der Waals surface area contributed by atoms with Gasteiger partial charge in [0.2, 0.25) is 5.82 Å². The molecule has 4 aromatic rings. The van der Waals surface area contributed by atoms with Crippen LogP contribution >= 0.6 is 0 Å². The van der Waals surface area contributed by atoms with Crippen LogP contribution in [0.25, 0.3) is 17.0 Å². The summed E-state index contributed by atoms with van der Waals surface area (Å²) in [5.74, 6) is -1.85. The number of hydrogen-bond donors (Lipinski definition) is 1. The van der Waals surface area contributed by atoms with E-state index >= 15 is 0 Å². The molecule has 0 aliphatic heterocycles. The number of carbonyl (C=O) groups excluding carboxylic acids is 1. The molecule has 0 aliphatic carbocycles. The van der Waals surface area contributed by atoms with Gasteiger partial charge in [-0.1, -0.05) is 6.07 Å². The van der Waals surface area contributed by atoms with Crippen molar-refractivity contribution in [2.45, 2.75) is 12.4 Å². The summed E-state index contributed by atoms with van der Waals surface area (Å²) < 4.78 is 85.1. The second-order valence-electron chi connectivity index (χ2n) is 6.93. The summed E-state index contributed by atoms with van der Waals surface area (Å²) in [6.45, 7) is 0. The highest BCUT2D eigenvalue weighted by Gasteiger charge is 2.36. The van der Waals surface area contributed by atoms with Gasteiger partial charge >= 0.3 is 12.4 Å². The molecule has 176 valence electrons. The molecule has 0 spiro atoms. The van der Waals surface area contributed by atoms with Crippen molar-refractivity contribution >= 4 is 17.4 Å². The van der Waals surface area contributed by atoms with Crippen molar-refractivity contribution in [1.82, 2.24) is 19.6 Å². The number of nitrogens with one attached hydrogen (secondary N) is 1. The SMILES string of the molecule is COc1ccc(-c2cc(C(F)(F)F)n3nc(C(=O)Nc4cccc(C(F)(F)F)c4)nc3n2)cc1. The molecule has 34 heavy (non-hydrogen) atoms. The fourth-order valence-electron chi connectivity index (χ4n) is 3.04. The quantitative estimate of drug-likeness (QED) is 0.411. The molecular weight excluding hydrogens is 468 g/mol. The van der Waals surface area contributed by atoms with E-state index in [-0.39, 0.29) is 11.4 Å². The average molecular weight is 481 g/mol. The van der Waals surface area contributed by atoms with Crippen molar-refractivity contribution in [1.29, 1.82) is 0 Å². The summed E-state index contributed by atoms with van der Waals surface area (Å²) >= 11 is 0. The lowest BCUT2D eigenvalue weighted by atomic mass is 10.1. The number of amides is 1. The summed E-state index contributed by atoms with van der Waals surface area (Å²) in [7, 11) is 1.43. The fourth-order valence-corrected chi connectivity index (χ4v) is 3.04. The summed E-state index contributed by atoms with van der Waals surface area (Å²) in [6.07, 6.45) is -9.52. The van der Waals surface area contributed by atoms with Crippen LogP contribution in [0, 0.1) is 0 Å². The van der Waals surface area contributed by atoms with Crippen LogP contribution in [-0.4, -0.2) is 32.6 Å². The minimum atomic E-state index is -4.87. The molecule has 0 fully saturated rings. The van der Waals surface area contributed by atoms with Gasteiger partial charge in [0.15, 0.2) is 5.69 Å². The predicted molar refractivity (Wildman–Crippen MR) is 107 cm³/mol. The lowest BCUT2D eigenvalue weighted by molar-refractivity contribution is -0.142. The van der Waals surface area contributed by atoms with E-state index < -0.39 is 41.1 Å². The maximum absolute atomic E-state index is 13.7. The highest BCUT2D eigenvalue weighted by Crippen LogP contribution is 2.33. The molecule has 0 saturated carbocycles. The van der Waals surface area contributed by atoms with Crippen LogP contribution in [0.1, 0.15) is 21.9 Å². The van der Waals surface area contributed by atoms with E-state index in [0.29, 0.717) is 21.9 Å². The topological polar surface area (TPSA) is 81.4 Å². The maximum atomic E-state index is 13.7. The molecule has 2 aromatic carbocycles. The number of nitrogens with zero attached hydrogens (tertiary/aromatic N) is 4. The van der Waals surface area contributed by atoms with Crippen molar-refractivity contribution in [3.05, 3.63) is 71.7 Å². The van der Waals surface area contributed by atoms with Gasteiger partial charge in [-0.25, -0.2) is 4.98 Å². The van der Waals surface area contributed by atoms with E-state index in [4.69, 9.17) is 4.74 Å². The zero-order chi connectivity index (χ0) is 24.7. The Hall–Kier alpha value is -4.16. The van der Waals surface area contributed by atoms with Crippen LogP contribution < -0.4 is 10.1 Å². The van der Waals surface area contributed by atoms with Gasteiger partial charge in [0.05, 0.1) is 18.4 Å². The number of halogens is 6. The van der Waals surface area contributed by atoms with Gasteiger partial charge in [-0.15, -0.1) is 5.10 Å². The van der Waals surface area contributed by atoms with Gasteiger partial charge in [0.25, 0.3) is 11.7 Å². The van der Waals surface area contributed by atoms with Crippen molar-refractivity contribution in [2.24, 2.45) is 0 Å². The monoisotopic (exact) mass is 481 g/mol. The van der Waals surface area contributed by atoms with Gasteiger partial charge in [-0.2, -0.15) is 35.8 Å². The lowest BCUT2D eigenvalue weighted by Crippen LogP contribution is -2.16. The standard InChI is InChI=1S/C21H13F6N5O2/c1-34-14-7-5-11(6-8-14)15-10-16(21(25,26)27)32-19(29-15)30-17(31-32)18(33)28-13-4-2-3-12(9-13)20(22,23)24/h2-10H,1H3,(H,28,33). The molecule has 2 heterocycles. The fraction of sp³-hybridized carbons (Fsp3) is 0.143. The molecule has 2 aromatic heterocycles. The van der Waals surface area contributed by atoms with Gasteiger partial charge < -0.3 is 10.1 Å². The number of ether oxygens (including phenoxy) is 1. The van der Waals surface area contributed by atoms with E-state index in [1.54, 1.807) is 0 Å². The van der Waals surface area contributed by atoms with E-state index in [0.717, 1.165) is 18.2 Å². The molecule has 0 bridgehead atoms. The molecule has 0 unspecified atom stereocenters. The molecule has 13 heteroatoms. The summed E-state index contributed by atoms with van der Waals surface area (Å²) in [6, 6.07) is 10.5. The number of rotatable bonds is 4. The van der Waals surface area contributed by atoms with Crippen LogP contribution in [-0.2, 0) is 12.4 Å². The van der Waals surface area contributed by atoms with E-state index in [1.807, 2.05) is 0 Å². The molecular formula is C21H13F6N5O2. The predicted octanol–water partition coefficient (Wildman–Crippen LogP) is 5.09. The van der Waals surface area contributed by atoms with Crippen LogP contribution in [0.15, 0.2) is 54.6 Å².